The summed E-state index contributed by atoms with van der Waals surface area (Å²) >= 11 is 0. The number of benzene rings is 2. The molecule has 4 rings (SSSR count). The lowest BCUT2D eigenvalue weighted by Gasteiger charge is -2.22. The number of oxime groups is 1. The Hall–Kier alpha value is -2.49. The van der Waals surface area contributed by atoms with Crippen LogP contribution < -0.4 is 9.47 Å². The summed E-state index contributed by atoms with van der Waals surface area (Å²) in [6, 6.07) is 12.2. The number of hydrogen-bond donors (Lipinski definition) is 1. The molecule has 1 spiro atoms. The fourth-order valence-corrected chi connectivity index (χ4v) is 4.12. The molecule has 4 nitrogen and oxygen atoms in total. The van der Waals surface area contributed by atoms with E-state index >= 15 is 0 Å². The number of methoxy groups -OCH3 is 2. The highest BCUT2D eigenvalue weighted by atomic mass is 16.5. The van der Waals surface area contributed by atoms with Gasteiger partial charge in [-0.2, -0.15) is 0 Å². The molecule has 118 valence electrons. The highest BCUT2D eigenvalue weighted by Crippen LogP contribution is 2.48. The van der Waals surface area contributed by atoms with Crippen LogP contribution >= 0.6 is 0 Å². The molecule has 2 aromatic rings. The minimum atomic E-state index is -0.155. The van der Waals surface area contributed by atoms with Crippen LogP contribution in [0.3, 0.4) is 0 Å². The van der Waals surface area contributed by atoms with E-state index < -0.39 is 0 Å². The second kappa shape index (κ2) is 5.01. The van der Waals surface area contributed by atoms with Gasteiger partial charge in [-0.15, -0.1) is 0 Å². The molecule has 23 heavy (non-hydrogen) atoms. The average Bonchev–Trinajstić information content (AvgIpc) is 3.08. The first kappa shape index (κ1) is 14.1. The van der Waals surface area contributed by atoms with Gasteiger partial charge in [-0.25, -0.2) is 0 Å². The van der Waals surface area contributed by atoms with Crippen LogP contribution in [-0.2, 0) is 19.3 Å². The third kappa shape index (κ3) is 2.01. The maximum Gasteiger partial charge on any atom is 0.119 e. The molecule has 1 atom stereocenters. The van der Waals surface area contributed by atoms with E-state index in [2.05, 4.69) is 23.4 Å². The van der Waals surface area contributed by atoms with Gasteiger partial charge in [0.1, 0.15) is 11.5 Å². The Balaban J connectivity index is 1.76. The zero-order valence-corrected chi connectivity index (χ0v) is 13.3. The van der Waals surface area contributed by atoms with E-state index in [0.29, 0.717) is 0 Å². The first-order valence-corrected chi connectivity index (χ1v) is 7.75. The van der Waals surface area contributed by atoms with Crippen LogP contribution in [0.1, 0.15) is 22.3 Å². The van der Waals surface area contributed by atoms with Crippen LogP contribution in [0.2, 0.25) is 0 Å². The Kier molecular flexibility index (Phi) is 3.08. The molecular formula is C19H19NO3. The summed E-state index contributed by atoms with van der Waals surface area (Å²) in [6.45, 7) is 0. The van der Waals surface area contributed by atoms with E-state index in [-0.39, 0.29) is 5.41 Å². The van der Waals surface area contributed by atoms with Crippen molar-refractivity contribution in [2.24, 2.45) is 10.6 Å². The SMILES string of the molecule is COc1ccc2c(c1)CC1(C2)Cc2cc(OC)ccc2/C1=N\O. The normalized spacial score (nSPS) is 23.1. The largest absolute Gasteiger partial charge is 0.497 e. The Morgan fingerprint density at radius 2 is 1.48 bits per heavy atom. The fourth-order valence-electron chi connectivity index (χ4n) is 4.12. The number of hydrogen-bond acceptors (Lipinski definition) is 4. The molecule has 2 aromatic carbocycles. The van der Waals surface area contributed by atoms with Gasteiger partial charge in [0, 0.05) is 11.0 Å². The third-order valence-corrected chi connectivity index (χ3v) is 5.17. The maximum atomic E-state index is 9.68. The van der Waals surface area contributed by atoms with Crippen molar-refractivity contribution in [2.45, 2.75) is 19.3 Å². The van der Waals surface area contributed by atoms with Crippen LogP contribution in [0.15, 0.2) is 41.6 Å². The van der Waals surface area contributed by atoms with Crippen molar-refractivity contribution in [1.82, 2.24) is 0 Å². The summed E-state index contributed by atoms with van der Waals surface area (Å²) in [5.41, 5.74) is 5.46. The molecule has 1 unspecified atom stereocenters. The molecular weight excluding hydrogens is 290 g/mol. The summed E-state index contributed by atoms with van der Waals surface area (Å²) in [5.74, 6) is 1.72. The predicted octanol–water partition coefficient (Wildman–Crippen LogP) is 3.22. The highest BCUT2D eigenvalue weighted by molar-refractivity contribution is 6.09. The van der Waals surface area contributed by atoms with Gasteiger partial charge in [0.25, 0.3) is 0 Å². The van der Waals surface area contributed by atoms with Crippen LogP contribution in [-0.4, -0.2) is 25.1 Å². The molecule has 1 N–H and O–H groups in total. The fraction of sp³-hybridized carbons (Fsp3) is 0.316. The van der Waals surface area contributed by atoms with E-state index in [9.17, 15) is 5.21 Å². The van der Waals surface area contributed by atoms with Crippen molar-refractivity contribution in [3.8, 4) is 11.5 Å². The van der Waals surface area contributed by atoms with Crippen LogP contribution in [0.4, 0.5) is 0 Å². The molecule has 0 amide bonds. The number of rotatable bonds is 2. The smallest absolute Gasteiger partial charge is 0.119 e. The Morgan fingerprint density at radius 3 is 2.17 bits per heavy atom. The zero-order chi connectivity index (χ0) is 16.0. The Labute approximate surface area is 135 Å². The molecule has 0 aromatic heterocycles. The van der Waals surface area contributed by atoms with E-state index in [1.54, 1.807) is 14.2 Å². The van der Waals surface area contributed by atoms with Gasteiger partial charge in [0.05, 0.1) is 19.9 Å². The van der Waals surface area contributed by atoms with Gasteiger partial charge in [-0.05, 0) is 66.3 Å². The van der Waals surface area contributed by atoms with Crippen LogP contribution in [0, 0.1) is 5.41 Å². The van der Waals surface area contributed by atoms with Crippen molar-refractivity contribution in [1.29, 1.82) is 0 Å². The molecule has 0 aliphatic heterocycles. The second-order valence-electron chi connectivity index (χ2n) is 6.42. The molecule has 0 saturated carbocycles. The molecule has 0 heterocycles. The quantitative estimate of drug-likeness (QED) is 0.684. The maximum absolute atomic E-state index is 9.68. The van der Waals surface area contributed by atoms with Gasteiger partial charge < -0.3 is 14.7 Å². The molecule has 0 fully saturated rings. The van der Waals surface area contributed by atoms with Crippen LogP contribution in [0.5, 0.6) is 11.5 Å². The van der Waals surface area contributed by atoms with Gasteiger partial charge >= 0.3 is 0 Å². The first-order chi connectivity index (χ1) is 11.2. The van der Waals surface area contributed by atoms with Crippen molar-refractivity contribution >= 4 is 5.71 Å². The van der Waals surface area contributed by atoms with Crippen molar-refractivity contribution in [3.63, 3.8) is 0 Å². The molecule has 2 aliphatic carbocycles. The molecule has 2 aliphatic rings. The first-order valence-electron chi connectivity index (χ1n) is 7.75. The van der Waals surface area contributed by atoms with E-state index in [4.69, 9.17) is 9.47 Å². The molecule has 4 heteroatoms. The van der Waals surface area contributed by atoms with Crippen molar-refractivity contribution in [3.05, 3.63) is 58.7 Å². The monoisotopic (exact) mass is 309 g/mol. The Morgan fingerprint density at radius 1 is 0.870 bits per heavy atom. The van der Waals surface area contributed by atoms with Crippen molar-refractivity contribution in [2.75, 3.05) is 14.2 Å². The number of ether oxygens (including phenoxy) is 2. The topological polar surface area (TPSA) is 51.0 Å². The van der Waals surface area contributed by atoms with Crippen LogP contribution in [0.25, 0.3) is 0 Å². The second-order valence-corrected chi connectivity index (χ2v) is 6.42. The van der Waals surface area contributed by atoms with Gasteiger partial charge in [-0.3, -0.25) is 0 Å². The molecule has 0 radical (unpaired) electrons. The van der Waals surface area contributed by atoms with Gasteiger partial charge in [0.2, 0.25) is 0 Å². The minimum absolute atomic E-state index is 0.155. The zero-order valence-electron chi connectivity index (χ0n) is 13.3. The minimum Gasteiger partial charge on any atom is -0.497 e. The lowest BCUT2D eigenvalue weighted by atomic mass is 9.80. The number of fused-ring (bicyclic) bond motifs is 2. The van der Waals surface area contributed by atoms with E-state index in [1.165, 1.54) is 16.7 Å². The lowest BCUT2D eigenvalue weighted by Crippen LogP contribution is -2.29. The third-order valence-electron chi connectivity index (χ3n) is 5.17. The van der Waals surface area contributed by atoms with Crippen molar-refractivity contribution < 1.29 is 14.7 Å². The molecule has 0 saturated heterocycles. The summed E-state index contributed by atoms with van der Waals surface area (Å²) in [7, 11) is 3.36. The predicted molar refractivity (Wildman–Crippen MR) is 87.9 cm³/mol. The summed E-state index contributed by atoms with van der Waals surface area (Å²) in [4.78, 5) is 0. The summed E-state index contributed by atoms with van der Waals surface area (Å²) in [5, 5.41) is 13.4. The van der Waals surface area contributed by atoms with E-state index in [1.807, 2.05) is 18.2 Å². The molecule has 0 bridgehead atoms. The van der Waals surface area contributed by atoms with E-state index in [0.717, 1.165) is 42.0 Å². The Bertz CT molecular complexity index is 808. The highest BCUT2D eigenvalue weighted by Gasteiger charge is 2.48. The van der Waals surface area contributed by atoms with Gasteiger partial charge in [0.15, 0.2) is 0 Å². The lowest BCUT2D eigenvalue weighted by molar-refractivity contribution is 0.307. The standard InChI is InChI=1S/C19H19NO3/c1-22-15-4-3-12-9-19(10-13(12)7-15)11-14-8-16(23-2)5-6-17(14)18(19)20-21/h3-8,21H,9-11H2,1-2H3/b20-18+. The summed E-state index contributed by atoms with van der Waals surface area (Å²) in [6.07, 6.45) is 2.63. The number of nitrogens with zero attached hydrogens (tertiary/aromatic N) is 1. The summed E-state index contributed by atoms with van der Waals surface area (Å²) < 4.78 is 10.7. The average molecular weight is 309 g/mol. The van der Waals surface area contributed by atoms with Gasteiger partial charge in [-0.1, -0.05) is 11.2 Å².